The summed E-state index contributed by atoms with van der Waals surface area (Å²) >= 11 is 1.42. The predicted molar refractivity (Wildman–Crippen MR) is 109 cm³/mol. The van der Waals surface area contributed by atoms with Crippen molar-refractivity contribution in [3.05, 3.63) is 46.2 Å². The minimum absolute atomic E-state index is 0.0294. The van der Waals surface area contributed by atoms with Gasteiger partial charge in [0.2, 0.25) is 5.91 Å². The van der Waals surface area contributed by atoms with Crippen LogP contribution >= 0.6 is 11.3 Å². The Labute approximate surface area is 169 Å². The first-order valence-electron chi connectivity index (χ1n) is 9.41. The lowest BCUT2D eigenvalue weighted by molar-refractivity contribution is -0.124. The highest BCUT2D eigenvalue weighted by Gasteiger charge is 2.42. The van der Waals surface area contributed by atoms with E-state index in [4.69, 9.17) is 9.47 Å². The fourth-order valence-electron chi connectivity index (χ4n) is 3.61. The average Bonchev–Trinajstić information content (AvgIpc) is 3.41. The van der Waals surface area contributed by atoms with Crippen LogP contribution in [-0.4, -0.2) is 50.6 Å². The lowest BCUT2D eigenvalue weighted by Gasteiger charge is -2.21. The molecular weight excluding hydrogens is 376 g/mol. The van der Waals surface area contributed by atoms with Gasteiger partial charge < -0.3 is 19.7 Å². The molecule has 150 valence electrons. The van der Waals surface area contributed by atoms with Gasteiger partial charge >= 0.3 is 0 Å². The van der Waals surface area contributed by atoms with E-state index >= 15 is 0 Å². The zero-order chi connectivity index (χ0) is 20.1. The third-order valence-electron chi connectivity index (χ3n) is 5.06. The number of benzene rings is 1. The molecule has 2 heterocycles. The Hall–Kier alpha value is -2.54. The van der Waals surface area contributed by atoms with Gasteiger partial charge in [0.05, 0.1) is 25.0 Å². The van der Waals surface area contributed by atoms with Crippen molar-refractivity contribution in [2.75, 3.05) is 33.9 Å². The first kappa shape index (κ1) is 20.2. The van der Waals surface area contributed by atoms with Crippen LogP contribution < -0.4 is 14.8 Å². The molecule has 2 aromatic rings. The molecule has 1 aliphatic heterocycles. The van der Waals surface area contributed by atoms with Crippen LogP contribution in [0.15, 0.2) is 35.7 Å². The highest BCUT2D eigenvalue weighted by molar-refractivity contribution is 7.12. The SMILES string of the molecule is CCCNC(=O)C1CN(C(=O)c2cccs2)CC1c1cc(OC)ccc1OC. The van der Waals surface area contributed by atoms with Gasteiger partial charge in [-0.05, 0) is 36.1 Å². The summed E-state index contributed by atoms with van der Waals surface area (Å²) in [6, 6.07) is 9.26. The van der Waals surface area contributed by atoms with Gasteiger partial charge in [-0.25, -0.2) is 0 Å². The summed E-state index contributed by atoms with van der Waals surface area (Å²) in [5, 5.41) is 4.87. The van der Waals surface area contributed by atoms with E-state index < -0.39 is 0 Å². The van der Waals surface area contributed by atoms with E-state index in [-0.39, 0.29) is 23.7 Å². The van der Waals surface area contributed by atoms with E-state index in [9.17, 15) is 9.59 Å². The second-order valence-electron chi connectivity index (χ2n) is 6.80. The lowest BCUT2D eigenvalue weighted by atomic mass is 9.87. The maximum atomic E-state index is 12.9. The van der Waals surface area contributed by atoms with Crippen LogP contribution in [0.3, 0.4) is 0 Å². The number of methoxy groups -OCH3 is 2. The number of nitrogens with zero attached hydrogens (tertiary/aromatic N) is 1. The maximum Gasteiger partial charge on any atom is 0.263 e. The molecule has 0 spiro atoms. The number of hydrogen-bond donors (Lipinski definition) is 1. The van der Waals surface area contributed by atoms with Crippen molar-refractivity contribution in [1.82, 2.24) is 10.2 Å². The zero-order valence-electron chi connectivity index (χ0n) is 16.4. The summed E-state index contributed by atoms with van der Waals surface area (Å²) in [7, 11) is 3.22. The molecule has 1 aromatic heterocycles. The van der Waals surface area contributed by atoms with Gasteiger partial charge in [0, 0.05) is 31.1 Å². The molecule has 1 N–H and O–H groups in total. The summed E-state index contributed by atoms with van der Waals surface area (Å²) in [6.07, 6.45) is 0.865. The maximum absolute atomic E-state index is 12.9. The Morgan fingerprint density at radius 2 is 2.04 bits per heavy atom. The Morgan fingerprint density at radius 1 is 1.21 bits per heavy atom. The number of likely N-dealkylation sites (tertiary alicyclic amines) is 1. The summed E-state index contributed by atoms with van der Waals surface area (Å²) in [5.74, 6) is 0.837. The number of nitrogens with one attached hydrogen (secondary N) is 1. The lowest BCUT2D eigenvalue weighted by Crippen LogP contribution is -2.35. The number of rotatable bonds is 7. The number of ether oxygens (including phenoxy) is 2. The van der Waals surface area contributed by atoms with Crippen molar-refractivity contribution < 1.29 is 19.1 Å². The second kappa shape index (κ2) is 9.10. The molecule has 2 amide bonds. The molecule has 6 nitrogen and oxygen atoms in total. The first-order chi connectivity index (χ1) is 13.6. The van der Waals surface area contributed by atoms with Gasteiger partial charge in [0.15, 0.2) is 0 Å². The van der Waals surface area contributed by atoms with E-state index in [1.807, 2.05) is 42.6 Å². The van der Waals surface area contributed by atoms with Crippen LogP contribution in [0, 0.1) is 5.92 Å². The van der Waals surface area contributed by atoms with E-state index in [0.29, 0.717) is 36.0 Å². The molecule has 1 saturated heterocycles. The van der Waals surface area contributed by atoms with Gasteiger partial charge in [0.25, 0.3) is 5.91 Å². The highest BCUT2D eigenvalue weighted by atomic mass is 32.1. The minimum Gasteiger partial charge on any atom is -0.497 e. The van der Waals surface area contributed by atoms with Crippen LogP contribution in [0.2, 0.25) is 0 Å². The molecule has 3 rings (SSSR count). The third-order valence-corrected chi connectivity index (χ3v) is 5.92. The number of carbonyl (C=O) groups is 2. The molecule has 0 radical (unpaired) electrons. The van der Waals surface area contributed by atoms with E-state index in [1.165, 1.54) is 11.3 Å². The standard InChI is InChI=1S/C21H26N2O4S/c1-4-9-22-20(24)17-13-23(21(25)19-6-5-10-28-19)12-16(17)15-11-14(26-2)7-8-18(15)27-3/h5-8,10-11,16-17H,4,9,12-13H2,1-3H3,(H,22,24). The molecule has 0 saturated carbocycles. The quantitative estimate of drug-likeness (QED) is 0.773. The molecule has 28 heavy (non-hydrogen) atoms. The van der Waals surface area contributed by atoms with Crippen molar-refractivity contribution in [3.8, 4) is 11.5 Å². The van der Waals surface area contributed by atoms with Crippen molar-refractivity contribution in [2.45, 2.75) is 19.3 Å². The van der Waals surface area contributed by atoms with Crippen molar-refractivity contribution in [2.24, 2.45) is 5.92 Å². The number of hydrogen-bond acceptors (Lipinski definition) is 5. The van der Waals surface area contributed by atoms with Crippen LogP contribution in [0.1, 0.15) is 34.5 Å². The summed E-state index contributed by atoms with van der Waals surface area (Å²) in [5.41, 5.74) is 0.889. The van der Waals surface area contributed by atoms with Gasteiger partial charge in [-0.2, -0.15) is 0 Å². The molecule has 7 heteroatoms. The Balaban J connectivity index is 1.93. The molecule has 1 aliphatic rings. The summed E-state index contributed by atoms with van der Waals surface area (Å²) in [6.45, 7) is 3.49. The van der Waals surface area contributed by atoms with Crippen molar-refractivity contribution in [1.29, 1.82) is 0 Å². The van der Waals surface area contributed by atoms with Gasteiger partial charge in [-0.3, -0.25) is 9.59 Å². The largest absolute Gasteiger partial charge is 0.497 e. The molecule has 2 unspecified atom stereocenters. The predicted octanol–water partition coefficient (Wildman–Crippen LogP) is 3.15. The first-order valence-corrected chi connectivity index (χ1v) is 10.3. The van der Waals surface area contributed by atoms with Crippen LogP contribution in [0.4, 0.5) is 0 Å². The highest BCUT2D eigenvalue weighted by Crippen LogP contribution is 2.40. The number of thiophene rings is 1. The molecule has 2 atom stereocenters. The molecule has 1 aromatic carbocycles. The summed E-state index contributed by atoms with van der Waals surface area (Å²) in [4.78, 5) is 28.2. The second-order valence-corrected chi connectivity index (χ2v) is 7.75. The van der Waals surface area contributed by atoms with Crippen LogP contribution in [-0.2, 0) is 4.79 Å². The molecule has 0 aliphatic carbocycles. The Bertz CT molecular complexity index is 822. The fraction of sp³-hybridized carbons (Fsp3) is 0.429. The topological polar surface area (TPSA) is 67.9 Å². The van der Waals surface area contributed by atoms with E-state index in [1.54, 1.807) is 19.1 Å². The molecule has 1 fully saturated rings. The van der Waals surface area contributed by atoms with Gasteiger partial charge in [-0.1, -0.05) is 13.0 Å². The number of amides is 2. The zero-order valence-corrected chi connectivity index (χ0v) is 17.3. The Morgan fingerprint density at radius 3 is 2.68 bits per heavy atom. The molecular formula is C21H26N2O4S. The fourth-order valence-corrected chi connectivity index (χ4v) is 4.31. The summed E-state index contributed by atoms with van der Waals surface area (Å²) < 4.78 is 10.9. The van der Waals surface area contributed by atoms with Gasteiger partial charge in [0.1, 0.15) is 11.5 Å². The average molecular weight is 403 g/mol. The molecule has 0 bridgehead atoms. The Kier molecular flexibility index (Phi) is 6.57. The van der Waals surface area contributed by atoms with Crippen molar-refractivity contribution in [3.63, 3.8) is 0 Å². The van der Waals surface area contributed by atoms with Crippen molar-refractivity contribution >= 4 is 23.2 Å². The minimum atomic E-state index is -0.337. The monoisotopic (exact) mass is 402 g/mol. The smallest absolute Gasteiger partial charge is 0.263 e. The van der Waals surface area contributed by atoms with Gasteiger partial charge in [-0.15, -0.1) is 11.3 Å². The van der Waals surface area contributed by atoms with Crippen LogP contribution in [0.25, 0.3) is 0 Å². The van der Waals surface area contributed by atoms with E-state index in [0.717, 1.165) is 12.0 Å². The normalized spacial score (nSPS) is 18.8. The van der Waals surface area contributed by atoms with E-state index in [2.05, 4.69) is 5.32 Å². The number of carbonyl (C=O) groups excluding carboxylic acids is 2. The third kappa shape index (κ3) is 4.14. The van der Waals surface area contributed by atoms with Crippen LogP contribution in [0.5, 0.6) is 11.5 Å².